The zero-order valence-electron chi connectivity index (χ0n) is 18.5. The Kier molecular flexibility index (Phi) is 8.59. The summed E-state index contributed by atoms with van der Waals surface area (Å²) in [6.45, 7) is -0.277. The lowest BCUT2D eigenvalue weighted by Gasteiger charge is -2.29. The number of nitro benzene ring substituents is 2. The van der Waals surface area contributed by atoms with Gasteiger partial charge in [-0.3, -0.25) is 29.8 Å². The van der Waals surface area contributed by atoms with Crippen LogP contribution in [0.5, 0.6) is 5.75 Å². The van der Waals surface area contributed by atoms with Crippen molar-refractivity contribution in [2.45, 2.75) is 19.0 Å². The van der Waals surface area contributed by atoms with Crippen molar-refractivity contribution in [3.63, 3.8) is 0 Å². The van der Waals surface area contributed by atoms with Crippen LogP contribution < -0.4 is 4.74 Å². The molecule has 0 aromatic heterocycles. The van der Waals surface area contributed by atoms with Crippen LogP contribution in [-0.4, -0.2) is 60.0 Å². The lowest BCUT2D eigenvalue weighted by Crippen LogP contribution is -2.46. The van der Waals surface area contributed by atoms with Crippen molar-refractivity contribution in [1.82, 2.24) is 4.90 Å². The monoisotopic (exact) mass is 475 g/mol. The number of amides is 1. The molecule has 0 fully saturated rings. The number of nitro groups is 2. The van der Waals surface area contributed by atoms with Gasteiger partial charge in [0.1, 0.15) is 17.4 Å². The highest BCUT2D eigenvalue weighted by molar-refractivity contribution is 6.01. The summed E-state index contributed by atoms with van der Waals surface area (Å²) in [5.41, 5.74) is -1.48. The average Bonchev–Trinajstić information content (AvgIpc) is 2.84. The van der Waals surface area contributed by atoms with Crippen LogP contribution in [0.4, 0.5) is 11.4 Å². The van der Waals surface area contributed by atoms with Crippen LogP contribution >= 0.6 is 0 Å². The van der Waals surface area contributed by atoms with Crippen molar-refractivity contribution in [1.29, 1.82) is 0 Å². The highest BCUT2D eigenvalue weighted by Crippen LogP contribution is 2.28. The molecule has 13 heteroatoms. The molecule has 1 atom stereocenters. The van der Waals surface area contributed by atoms with Crippen molar-refractivity contribution < 1.29 is 38.4 Å². The van der Waals surface area contributed by atoms with E-state index in [1.54, 1.807) is 24.3 Å². The second-order valence-electron chi connectivity index (χ2n) is 6.82. The summed E-state index contributed by atoms with van der Waals surface area (Å²) < 4.78 is 14.5. The van der Waals surface area contributed by atoms with E-state index in [1.807, 2.05) is 0 Å². The van der Waals surface area contributed by atoms with E-state index in [2.05, 4.69) is 4.74 Å². The molecule has 180 valence electrons. The van der Waals surface area contributed by atoms with Gasteiger partial charge in [-0.2, -0.15) is 0 Å². The number of hydrogen-bond acceptors (Lipinski definition) is 10. The van der Waals surface area contributed by atoms with Gasteiger partial charge < -0.3 is 19.1 Å². The summed E-state index contributed by atoms with van der Waals surface area (Å²) in [6, 6.07) is 7.43. The number of hydrogen-bond donors (Lipinski definition) is 0. The molecular weight excluding hydrogens is 454 g/mol. The molecule has 0 aliphatic carbocycles. The lowest BCUT2D eigenvalue weighted by molar-refractivity contribution is -0.394. The zero-order chi connectivity index (χ0) is 25.4. The Bertz CT molecular complexity index is 1120. The van der Waals surface area contributed by atoms with E-state index in [0.29, 0.717) is 17.4 Å². The number of benzene rings is 2. The molecule has 0 radical (unpaired) electrons. The molecule has 13 nitrogen and oxygen atoms in total. The lowest BCUT2D eigenvalue weighted by atomic mass is 10.1. The second-order valence-corrected chi connectivity index (χ2v) is 6.82. The molecule has 0 saturated heterocycles. The van der Waals surface area contributed by atoms with E-state index < -0.39 is 57.1 Å². The molecule has 0 heterocycles. The Morgan fingerprint density at radius 3 is 2.24 bits per heavy atom. The van der Waals surface area contributed by atoms with E-state index in [1.165, 1.54) is 7.11 Å². The first-order valence-corrected chi connectivity index (χ1v) is 9.64. The van der Waals surface area contributed by atoms with Gasteiger partial charge in [0.2, 0.25) is 0 Å². The number of ether oxygens (including phenoxy) is 3. The standard InChI is InChI=1S/C21H21N3O10/c1-32-15-6-4-5-13(9-15)12-22(18(21(27)34-3)11-19(25)33-2)20(26)16-8-7-14(23(28)29)10-17(16)24(30)31/h4-10,18H,11-12H2,1-3H3/t18-/m0/s1. The maximum absolute atomic E-state index is 13.5. The third-order valence-corrected chi connectivity index (χ3v) is 4.80. The fraction of sp³-hybridized carbons (Fsp3) is 0.286. The minimum atomic E-state index is -1.51. The second kappa shape index (κ2) is 11.4. The highest BCUT2D eigenvalue weighted by atomic mass is 16.6. The van der Waals surface area contributed by atoms with Gasteiger partial charge >= 0.3 is 11.9 Å². The number of methoxy groups -OCH3 is 3. The third-order valence-electron chi connectivity index (χ3n) is 4.80. The van der Waals surface area contributed by atoms with Gasteiger partial charge in [0.25, 0.3) is 17.3 Å². The SMILES string of the molecule is COC(=O)C[C@@H](C(=O)OC)N(Cc1cccc(OC)c1)C(=O)c1ccc([N+](=O)[O-])cc1[N+](=O)[O-]. The number of non-ortho nitro benzene ring substituents is 1. The molecule has 0 aliphatic rings. The molecular formula is C21H21N3O10. The zero-order valence-corrected chi connectivity index (χ0v) is 18.5. The van der Waals surface area contributed by atoms with Gasteiger partial charge in [-0.15, -0.1) is 0 Å². The molecule has 0 aliphatic heterocycles. The van der Waals surface area contributed by atoms with Crippen molar-refractivity contribution in [2.75, 3.05) is 21.3 Å². The van der Waals surface area contributed by atoms with E-state index in [9.17, 15) is 34.6 Å². The average molecular weight is 475 g/mol. The van der Waals surface area contributed by atoms with Gasteiger partial charge in [0.15, 0.2) is 0 Å². The maximum Gasteiger partial charge on any atom is 0.329 e. The minimum absolute atomic E-state index is 0.277. The van der Waals surface area contributed by atoms with Crippen molar-refractivity contribution in [3.8, 4) is 5.75 Å². The summed E-state index contributed by atoms with van der Waals surface area (Å²) in [5.74, 6) is -2.39. The van der Waals surface area contributed by atoms with Gasteiger partial charge in [-0.05, 0) is 23.8 Å². The smallest absolute Gasteiger partial charge is 0.329 e. The first-order valence-electron chi connectivity index (χ1n) is 9.64. The molecule has 0 N–H and O–H groups in total. The summed E-state index contributed by atoms with van der Waals surface area (Å²) >= 11 is 0. The minimum Gasteiger partial charge on any atom is -0.497 e. The summed E-state index contributed by atoms with van der Waals surface area (Å²) in [4.78, 5) is 59.8. The quantitative estimate of drug-likeness (QED) is 0.282. The van der Waals surface area contributed by atoms with Crippen LogP contribution in [-0.2, 0) is 25.6 Å². The van der Waals surface area contributed by atoms with Crippen LogP contribution in [0, 0.1) is 20.2 Å². The first-order chi connectivity index (χ1) is 16.1. The van der Waals surface area contributed by atoms with Crippen molar-refractivity contribution in [2.24, 2.45) is 0 Å². The topological polar surface area (TPSA) is 168 Å². The Morgan fingerprint density at radius 1 is 0.971 bits per heavy atom. The van der Waals surface area contributed by atoms with Crippen LogP contribution in [0.1, 0.15) is 22.3 Å². The molecule has 1 amide bonds. The normalized spacial score (nSPS) is 11.1. The summed E-state index contributed by atoms with van der Waals surface area (Å²) in [7, 11) is 3.57. The van der Waals surface area contributed by atoms with E-state index >= 15 is 0 Å². The Morgan fingerprint density at radius 2 is 1.68 bits per heavy atom. The van der Waals surface area contributed by atoms with Crippen LogP contribution in [0.3, 0.4) is 0 Å². The van der Waals surface area contributed by atoms with Gasteiger partial charge in [-0.25, -0.2) is 4.79 Å². The molecule has 0 bridgehead atoms. The van der Waals surface area contributed by atoms with Crippen LogP contribution in [0.2, 0.25) is 0 Å². The van der Waals surface area contributed by atoms with E-state index in [4.69, 9.17) is 9.47 Å². The summed E-state index contributed by atoms with van der Waals surface area (Å²) in [5, 5.41) is 22.6. The highest BCUT2D eigenvalue weighted by Gasteiger charge is 2.37. The van der Waals surface area contributed by atoms with Gasteiger partial charge in [0.05, 0.1) is 43.7 Å². The number of rotatable bonds is 10. The van der Waals surface area contributed by atoms with Gasteiger partial charge in [-0.1, -0.05) is 12.1 Å². The largest absolute Gasteiger partial charge is 0.497 e. The Labute approximate surface area is 193 Å². The number of nitrogens with zero attached hydrogens (tertiary/aromatic N) is 3. The predicted molar refractivity (Wildman–Crippen MR) is 115 cm³/mol. The maximum atomic E-state index is 13.5. The predicted octanol–water partition coefficient (Wildman–Crippen LogP) is 2.26. The number of carbonyl (C=O) groups excluding carboxylic acids is 3. The van der Waals surface area contributed by atoms with Gasteiger partial charge in [0, 0.05) is 12.6 Å². The first kappa shape index (κ1) is 25.7. The van der Waals surface area contributed by atoms with E-state index in [0.717, 1.165) is 31.3 Å². The fourth-order valence-corrected chi connectivity index (χ4v) is 3.11. The Hall–Kier alpha value is -4.55. The van der Waals surface area contributed by atoms with Crippen LogP contribution in [0.15, 0.2) is 42.5 Å². The molecule has 34 heavy (non-hydrogen) atoms. The van der Waals surface area contributed by atoms with Crippen molar-refractivity contribution >= 4 is 29.2 Å². The Balaban J connectivity index is 2.64. The molecule has 2 aromatic rings. The fourth-order valence-electron chi connectivity index (χ4n) is 3.11. The van der Waals surface area contributed by atoms with E-state index in [-0.39, 0.29) is 6.54 Å². The molecule has 2 aromatic carbocycles. The summed E-state index contributed by atoms with van der Waals surface area (Å²) in [6.07, 6.45) is -0.598. The third kappa shape index (κ3) is 6.03. The van der Waals surface area contributed by atoms with Crippen LogP contribution in [0.25, 0.3) is 0 Å². The number of esters is 2. The molecule has 0 unspecified atom stereocenters. The number of carbonyl (C=O) groups is 3. The molecule has 2 rings (SSSR count). The molecule has 0 saturated carbocycles. The van der Waals surface area contributed by atoms with Crippen molar-refractivity contribution in [3.05, 3.63) is 73.8 Å². The molecule has 0 spiro atoms.